The van der Waals surface area contributed by atoms with Gasteiger partial charge in [-0.05, 0) is 23.8 Å². The number of rotatable bonds is 4. The van der Waals surface area contributed by atoms with Crippen molar-refractivity contribution in [3.05, 3.63) is 74.5 Å². The first-order valence-corrected chi connectivity index (χ1v) is 6.32. The van der Waals surface area contributed by atoms with E-state index < -0.39 is 16.6 Å². The second-order valence-electron chi connectivity index (χ2n) is 4.23. The normalized spacial score (nSPS) is 10.2. The first-order chi connectivity index (χ1) is 9.97. The highest BCUT2D eigenvalue weighted by molar-refractivity contribution is 6.30. The van der Waals surface area contributed by atoms with E-state index in [0.29, 0.717) is 5.02 Å². The molecule has 21 heavy (non-hydrogen) atoms. The summed E-state index contributed by atoms with van der Waals surface area (Å²) in [7, 11) is 0. The SMILES string of the molecule is O=C(NCc1ccc(Cl)cc1)c1cc([N+](=O)[O-])ccc1F. The molecule has 0 aromatic heterocycles. The monoisotopic (exact) mass is 308 g/mol. The van der Waals surface area contributed by atoms with Crippen molar-refractivity contribution in [3.8, 4) is 0 Å². The number of benzene rings is 2. The van der Waals surface area contributed by atoms with E-state index in [2.05, 4.69) is 5.32 Å². The average Bonchev–Trinajstić information content (AvgIpc) is 2.46. The van der Waals surface area contributed by atoms with Crippen LogP contribution >= 0.6 is 11.6 Å². The van der Waals surface area contributed by atoms with Crippen molar-refractivity contribution >= 4 is 23.2 Å². The number of hydrogen-bond acceptors (Lipinski definition) is 3. The van der Waals surface area contributed by atoms with Crippen LogP contribution in [0.4, 0.5) is 10.1 Å². The molecule has 0 spiro atoms. The maximum Gasteiger partial charge on any atom is 0.270 e. The van der Waals surface area contributed by atoms with Crippen LogP contribution in [-0.2, 0) is 6.54 Å². The van der Waals surface area contributed by atoms with Crippen LogP contribution in [0.1, 0.15) is 15.9 Å². The largest absolute Gasteiger partial charge is 0.348 e. The van der Waals surface area contributed by atoms with Gasteiger partial charge in [-0.25, -0.2) is 4.39 Å². The van der Waals surface area contributed by atoms with Crippen molar-refractivity contribution < 1.29 is 14.1 Å². The van der Waals surface area contributed by atoms with Crippen molar-refractivity contribution in [2.75, 3.05) is 0 Å². The maximum atomic E-state index is 13.6. The number of non-ortho nitro benzene ring substituents is 1. The van der Waals surface area contributed by atoms with Gasteiger partial charge in [-0.2, -0.15) is 0 Å². The number of hydrogen-bond donors (Lipinski definition) is 1. The standard InChI is InChI=1S/C14H10ClFN2O3/c15-10-3-1-9(2-4-10)8-17-14(19)12-7-11(18(20)21)5-6-13(12)16/h1-7H,8H2,(H,17,19). The zero-order valence-corrected chi connectivity index (χ0v) is 11.4. The fraction of sp³-hybridized carbons (Fsp3) is 0.0714. The van der Waals surface area contributed by atoms with Gasteiger partial charge in [0.25, 0.3) is 11.6 Å². The van der Waals surface area contributed by atoms with Crippen LogP contribution in [0.25, 0.3) is 0 Å². The number of amides is 1. The van der Waals surface area contributed by atoms with E-state index in [0.717, 1.165) is 23.8 Å². The van der Waals surface area contributed by atoms with Crippen molar-refractivity contribution in [2.45, 2.75) is 6.54 Å². The Hall–Kier alpha value is -2.47. The highest BCUT2D eigenvalue weighted by atomic mass is 35.5. The second kappa shape index (κ2) is 6.32. The third-order valence-corrected chi connectivity index (χ3v) is 3.02. The van der Waals surface area contributed by atoms with Crippen LogP contribution in [0.2, 0.25) is 5.02 Å². The summed E-state index contributed by atoms with van der Waals surface area (Å²) in [5, 5.41) is 13.7. The second-order valence-corrected chi connectivity index (χ2v) is 4.67. The highest BCUT2D eigenvalue weighted by Gasteiger charge is 2.16. The Morgan fingerprint density at radius 3 is 2.52 bits per heavy atom. The van der Waals surface area contributed by atoms with Crippen LogP contribution < -0.4 is 5.32 Å². The zero-order chi connectivity index (χ0) is 15.4. The summed E-state index contributed by atoms with van der Waals surface area (Å²) in [5.41, 5.74) is 0.0739. The minimum atomic E-state index is -0.811. The van der Waals surface area contributed by atoms with Crippen LogP contribution in [0.15, 0.2) is 42.5 Å². The fourth-order valence-corrected chi connectivity index (χ4v) is 1.81. The number of halogens is 2. The summed E-state index contributed by atoms with van der Waals surface area (Å²) in [6.45, 7) is 0.165. The summed E-state index contributed by atoms with van der Waals surface area (Å²) in [5.74, 6) is -1.53. The molecule has 0 atom stereocenters. The molecule has 1 N–H and O–H groups in total. The molecule has 0 heterocycles. The van der Waals surface area contributed by atoms with Gasteiger partial charge in [0.1, 0.15) is 5.82 Å². The molecule has 0 unspecified atom stereocenters. The minimum Gasteiger partial charge on any atom is -0.348 e. The van der Waals surface area contributed by atoms with Gasteiger partial charge in [-0.15, -0.1) is 0 Å². The predicted molar refractivity (Wildman–Crippen MR) is 75.7 cm³/mol. The molecule has 5 nitrogen and oxygen atoms in total. The van der Waals surface area contributed by atoms with Gasteiger partial charge in [-0.3, -0.25) is 14.9 Å². The third-order valence-electron chi connectivity index (χ3n) is 2.77. The van der Waals surface area contributed by atoms with E-state index in [1.165, 1.54) is 0 Å². The molecule has 2 aromatic carbocycles. The molecule has 108 valence electrons. The molecule has 0 radical (unpaired) electrons. The van der Waals surface area contributed by atoms with Gasteiger partial charge in [0.05, 0.1) is 10.5 Å². The summed E-state index contributed by atoms with van der Waals surface area (Å²) in [6.07, 6.45) is 0. The number of nitro benzene ring substituents is 1. The first kappa shape index (κ1) is 14.9. The summed E-state index contributed by atoms with van der Waals surface area (Å²) >= 11 is 5.74. The van der Waals surface area contributed by atoms with Crippen molar-refractivity contribution in [1.29, 1.82) is 0 Å². The van der Waals surface area contributed by atoms with E-state index >= 15 is 0 Å². The Morgan fingerprint density at radius 2 is 1.90 bits per heavy atom. The van der Waals surface area contributed by atoms with Gasteiger partial charge < -0.3 is 5.32 Å². The Labute approximate surface area is 124 Å². The Morgan fingerprint density at radius 1 is 1.24 bits per heavy atom. The van der Waals surface area contributed by atoms with Crippen molar-refractivity contribution in [2.24, 2.45) is 0 Å². The Bertz CT molecular complexity index is 689. The van der Waals surface area contributed by atoms with Crippen LogP contribution in [0.5, 0.6) is 0 Å². The molecule has 0 aliphatic heterocycles. The number of carbonyl (C=O) groups is 1. The van der Waals surface area contributed by atoms with Crippen LogP contribution in [-0.4, -0.2) is 10.8 Å². The molecule has 2 rings (SSSR count). The molecule has 0 aliphatic rings. The molecule has 0 saturated heterocycles. The minimum absolute atomic E-state index is 0.165. The van der Waals surface area contributed by atoms with Gasteiger partial charge in [-0.1, -0.05) is 23.7 Å². The number of nitrogens with zero attached hydrogens (tertiary/aromatic N) is 1. The summed E-state index contributed by atoms with van der Waals surface area (Å²) in [4.78, 5) is 21.8. The van der Waals surface area contributed by atoms with E-state index in [9.17, 15) is 19.3 Å². The van der Waals surface area contributed by atoms with E-state index in [1.54, 1.807) is 24.3 Å². The Kier molecular flexibility index (Phi) is 4.49. The molecule has 0 fully saturated rings. The van der Waals surface area contributed by atoms with Crippen LogP contribution in [0, 0.1) is 15.9 Å². The number of carbonyl (C=O) groups excluding carboxylic acids is 1. The van der Waals surface area contributed by atoms with Gasteiger partial charge in [0.2, 0.25) is 0 Å². The van der Waals surface area contributed by atoms with Crippen molar-refractivity contribution in [3.63, 3.8) is 0 Å². The van der Waals surface area contributed by atoms with Crippen LogP contribution in [0.3, 0.4) is 0 Å². The van der Waals surface area contributed by atoms with E-state index in [1.807, 2.05) is 0 Å². The van der Waals surface area contributed by atoms with Crippen molar-refractivity contribution in [1.82, 2.24) is 5.32 Å². The molecular formula is C14H10ClFN2O3. The predicted octanol–water partition coefficient (Wildman–Crippen LogP) is 3.32. The smallest absolute Gasteiger partial charge is 0.270 e. The molecule has 7 heteroatoms. The molecule has 0 bridgehead atoms. The topological polar surface area (TPSA) is 72.2 Å². The maximum absolute atomic E-state index is 13.6. The fourth-order valence-electron chi connectivity index (χ4n) is 1.68. The lowest BCUT2D eigenvalue weighted by molar-refractivity contribution is -0.384. The third kappa shape index (κ3) is 3.76. The number of nitrogens with one attached hydrogen (secondary N) is 1. The molecule has 0 saturated carbocycles. The number of nitro groups is 1. The lowest BCUT2D eigenvalue weighted by Gasteiger charge is -2.06. The van der Waals surface area contributed by atoms with E-state index in [-0.39, 0.29) is 17.8 Å². The van der Waals surface area contributed by atoms with Gasteiger partial charge in [0, 0.05) is 23.7 Å². The highest BCUT2D eigenvalue weighted by Crippen LogP contribution is 2.17. The Balaban J connectivity index is 2.11. The average molecular weight is 309 g/mol. The first-order valence-electron chi connectivity index (χ1n) is 5.94. The van der Waals surface area contributed by atoms with E-state index in [4.69, 9.17) is 11.6 Å². The molecule has 2 aromatic rings. The molecule has 0 aliphatic carbocycles. The molecular weight excluding hydrogens is 299 g/mol. The lowest BCUT2D eigenvalue weighted by Crippen LogP contribution is -2.23. The quantitative estimate of drug-likeness (QED) is 0.695. The lowest BCUT2D eigenvalue weighted by atomic mass is 10.1. The van der Waals surface area contributed by atoms with Gasteiger partial charge >= 0.3 is 0 Å². The summed E-state index contributed by atoms with van der Waals surface area (Å²) in [6, 6.07) is 9.57. The molecule has 1 amide bonds. The summed E-state index contributed by atoms with van der Waals surface area (Å²) < 4.78 is 13.6. The van der Waals surface area contributed by atoms with Gasteiger partial charge in [0.15, 0.2) is 0 Å². The zero-order valence-electron chi connectivity index (χ0n) is 10.7.